The van der Waals surface area contributed by atoms with Crippen LogP contribution in [0.2, 0.25) is 0 Å². The van der Waals surface area contributed by atoms with Crippen molar-refractivity contribution in [3.8, 4) is 0 Å². The Kier molecular flexibility index (Phi) is 5.01. The van der Waals surface area contributed by atoms with Gasteiger partial charge in [0.2, 0.25) is 4.77 Å². The molecule has 0 saturated carbocycles. The van der Waals surface area contributed by atoms with Crippen LogP contribution >= 0.6 is 12.2 Å². The van der Waals surface area contributed by atoms with Crippen molar-refractivity contribution in [2.24, 2.45) is 0 Å². The number of hydrogen-bond donors (Lipinski definition) is 1. The molecule has 0 spiro atoms. The summed E-state index contributed by atoms with van der Waals surface area (Å²) in [5.74, 6) is -1.27. The molecule has 0 fully saturated rings. The maximum absolute atomic E-state index is 11.1. The average molecular weight is 258 g/mol. The number of esters is 2. The number of carbonyl (C=O) groups is 2. The Labute approximate surface area is 101 Å². The molecule has 8 nitrogen and oxygen atoms in total. The first kappa shape index (κ1) is 13.0. The van der Waals surface area contributed by atoms with E-state index in [1.807, 2.05) is 0 Å². The molecule has 9 heteroatoms. The lowest BCUT2D eigenvalue weighted by Gasteiger charge is -2.01. The summed E-state index contributed by atoms with van der Waals surface area (Å²) < 4.78 is 10.8. The number of H-pyrrole nitrogens is 1. The van der Waals surface area contributed by atoms with Crippen LogP contribution in [0.25, 0.3) is 0 Å². The Morgan fingerprint density at radius 1 is 1.47 bits per heavy atom. The second-order valence-electron chi connectivity index (χ2n) is 2.76. The minimum atomic E-state index is -0.644. The van der Waals surface area contributed by atoms with Crippen LogP contribution in [0.15, 0.2) is 12.2 Å². The summed E-state index contributed by atoms with van der Waals surface area (Å²) in [6.45, 7) is 0.395. The SMILES string of the molecule is COC(=O)C=CC(=O)OCCn1[nH]nnc1=S. The summed E-state index contributed by atoms with van der Waals surface area (Å²) in [5.41, 5.74) is 0. The second-order valence-corrected chi connectivity index (χ2v) is 3.12. The molecule has 1 N–H and O–H groups in total. The highest BCUT2D eigenvalue weighted by atomic mass is 32.1. The van der Waals surface area contributed by atoms with Crippen molar-refractivity contribution in [3.63, 3.8) is 0 Å². The van der Waals surface area contributed by atoms with E-state index in [4.69, 9.17) is 17.0 Å². The molecule has 17 heavy (non-hydrogen) atoms. The molecule has 0 amide bonds. The maximum atomic E-state index is 11.1. The van der Waals surface area contributed by atoms with Crippen molar-refractivity contribution in [1.29, 1.82) is 0 Å². The van der Waals surface area contributed by atoms with Crippen molar-refractivity contribution in [2.75, 3.05) is 13.7 Å². The van der Waals surface area contributed by atoms with Gasteiger partial charge in [0.05, 0.1) is 13.7 Å². The molecule has 0 aliphatic heterocycles. The van der Waals surface area contributed by atoms with Gasteiger partial charge in [-0.3, -0.25) is 0 Å². The molecule has 0 radical (unpaired) electrons. The van der Waals surface area contributed by atoms with Crippen molar-refractivity contribution < 1.29 is 19.1 Å². The Hall–Kier alpha value is -2.03. The Morgan fingerprint density at radius 3 is 2.76 bits per heavy atom. The number of carbonyl (C=O) groups excluding carboxylic acids is 2. The van der Waals surface area contributed by atoms with Crippen LogP contribution in [0, 0.1) is 4.77 Å². The van der Waals surface area contributed by atoms with Crippen LogP contribution < -0.4 is 0 Å². The van der Waals surface area contributed by atoms with E-state index in [-0.39, 0.29) is 11.4 Å². The lowest BCUT2D eigenvalue weighted by Crippen LogP contribution is -2.11. The van der Waals surface area contributed by atoms with E-state index in [9.17, 15) is 9.59 Å². The minimum absolute atomic E-state index is 0.0858. The van der Waals surface area contributed by atoms with Gasteiger partial charge in [0.25, 0.3) is 0 Å². The molecule has 1 heterocycles. The molecule has 0 aromatic carbocycles. The van der Waals surface area contributed by atoms with Gasteiger partial charge in [-0.2, -0.15) is 5.21 Å². The third-order valence-electron chi connectivity index (χ3n) is 1.65. The first-order chi connectivity index (χ1) is 8.13. The lowest BCUT2D eigenvalue weighted by molar-refractivity contribution is -0.139. The molecular formula is C8H10N4O4S. The van der Waals surface area contributed by atoms with Crippen molar-refractivity contribution in [1.82, 2.24) is 20.2 Å². The lowest BCUT2D eigenvalue weighted by atomic mass is 10.5. The van der Waals surface area contributed by atoms with E-state index in [1.165, 1.54) is 11.8 Å². The number of nitrogens with one attached hydrogen (secondary N) is 1. The third-order valence-corrected chi connectivity index (χ3v) is 1.95. The van der Waals surface area contributed by atoms with Gasteiger partial charge in [0.15, 0.2) is 0 Å². The Bertz CT molecular complexity index is 478. The number of aromatic amines is 1. The fourth-order valence-corrected chi connectivity index (χ4v) is 1.02. The highest BCUT2D eigenvalue weighted by molar-refractivity contribution is 7.71. The van der Waals surface area contributed by atoms with E-state index >= 15 is 0 Å². The molecule has 0 aliphatic carbocycles. The van der Waals surface area contributed by atoms with Gasteiger partial charge in [-0.25, -0.2) is 14.3 Å². The fraction of sp³-hybridized carbons (Fsp3) is 0.375. The molecule has 1 aromatic rings. The Morgan fingerprint density at radius 2 is 2.18 bits per heavy atom. The van der Waals surface area contributed by atoms with E-state index < -0.39 is 11.9 Å². The van der Waals surface area contributed by atoms with Crippen LogP contribution in [-0.2, 0) is 25.6 Å². The molecule has 92 valence electrons. The maximum Gasteiger partial charge on any atom is 0.331 e. The standard InChI is InChI=1S/C8H10N4O4S/c1-15-6(13)2-3-7(14)16-5-4-12-8(17)9-10-11-12/h2-3H,4-5H2,1H3,(H,9,11,17). The molecule has 1 aromatic heterocycles. The van der Waals surface area contributed by atoms with Gasteiger partial charge in [-0.15, -0.1) is 0 Å². The zero-order chi connectivity index (χ0) is 12.7. The third kappa shape index (κ3) is 4.55. The van der Waals surface area contributed by atoms with Crippen LogP contribution in [-0.4, -0.2) is 45.9 Å². The summed E-state index contributed by atoms with van der Waals surface area (Å²) in [6.07, 6.45) is 1.96. The summed E-state index contributed by atoms with van der Waals surface area (Å²) in [5, 5.41) is 9.51. The highest BCUT2D eigenvalue weighted by Crippen LogP contribution is 1.88. The molecular weight excluding hydrogens is 248 g/mol. The van der Waals surface area contributed by atoms with Gasteiger partial charge >= 0.3 is 11.9 Å². The van der Waals surface area contributed by atoms with Crippen LogP contribution in [0.4, 0.5) is 0 Å². The van der Waals surface area contributed by atoms with Crippen molar-refractivity contribution >= 4 is 24.2 Å². The van der Waals surface area contributed by atoms with Gasteiger partial charge < -0.3 is 9.47 Å². The Balaban J connectivity index is 2.30. The first-order valence-electron chi connectivity index (χ1n) is 4.54. The van der Waals surface area contributed by atoms with E-state index in [0.29, 0.717) is 6.54 Å². The topological polar surface area (TPSA) is 99.1 Å². The predicted octanol–water partition coefficient (Wildman–Crippen LogP) is -0.392. The normalized spacial score (nSPS) is 10.4. The zero-order valence-electron chi connectivity index (χ0n) is 8.95. The van der Waals surface area contributed by atoms with Gasteiger partial charge in [0, 0.05) is 12.2 Å². The summed E-state index contributed by atoms with van der Waals surface area (Å²) in [4.78, 5) is 21.7. The number of methoxy groups -OCH3 is 1. The smallest absolute Gasteiger partial charge is 0.331 e. The van der Waals surface area contributed by atoms with Crippen molar-refractivity contribution in [3.05, 3.63) is 16.9 Å². The predicted molar refractivity (Wildman–Crippen MR) is 57.3 cm³/mol. The van der Waals surface area contributed by atoms with E-state index in [2.05, 4.69) is 20.3 Å². The molecule has 0 bridgehead atoms. The number of nitrogens with zero attached hydrogens (tertiary/aromatic N) is 3. The van der Waals surface area contributed by atoms with E-state index in [0.717, 1.165) is 12.2 Å². The number of tetrazole rings is 1. The summed E-state index contributed by atoms with van der Waals surface area (Å²) >= 11 is 4.81. The molecule has 1 rings (SSSR count). The first-order valence-corrected chi connectivity index (χ1v) is 4.95. The second kappa shape index (κ2) is 6.53. The summed E-state index contributed by atoms with van der Waals surface area (Å²) in [7, 11) is 1.21. The number of ether oxygens (including phenoxy) is 2. The number of aromatic nitrogens is 4. The van der Waals surface area contributed by atoms with E-state index in [1.54, 1.807) is 0 Å². The van der Waals surface area contributed by atoms with Gasteiger partial charge in [0.1, 0.15) is 6.61 Å². The van der Waals surface area contributed by atoms with Crippen molar-refractivity contribution in [2.45, 2.75) is 6.54 Å². The molecule has 0 saturated heterocycles. The molecule has 0 unspecified atom stereocenters. The quantitative estimate of drug-likeness (QED) is 0.436. The van der Waals surface area contributed by atoms with Crippen LogP contribution in [0.3, 0.4) is 0 Å². The number of rotatable bonds is 5. The largest absolute Gasteiger partial charge is 0.466 e. The molecule has 0 atom stereocenters. The van der Waals surface area contributed by atoms with Crippen LogP contribution in [0.5, 0.6) is 0 Å². The van der Waals surface area contributed by atoms with Crippen LogP contribution in [0.1, 0.15) is 0 Å². The van der Waals surface area contributed by atoms with Gasteiger partial charge in [-0.05, 0) is 12.2 Å². The fourth-order valence-electron chi connectivity index (χ4n) is 0.851. The monoisotopic (exact) mass is 258 g/mol. The molecule has 0 aliphatic rings. The highest BCUT2D eigenvalue weighted by Gasteiger charge is 2.00. The summed E-state index contributed by atoms with van der Waals surface area (Å²) in [6, 6.07) is 0. The zero-order valence-corrected chi connectivity index (χ0v) is 9.77. The minimum Gasteiger partial charge on any atom is -0.466 e. The number of hydrogen-bond acceptors (Lipinski definition) is 7. The van der Waals surface area contributed by atoms with Gasteiger partial charge in [-0.1, -0.05) is 10.3 Å². The average Bonchev–Trinajstić information content (AvgIpc) is 2.72.